The molecule has 5 rings (SSSR count). The number of nitrogens with one attached hydrogen (secondary N) is 1. The summed E-state index contributed by atoms with van der Waals surface area (Å²) in [5, 5.41) is 3.04. The van der Waals surface area contributed by atoms with E-state index < -0.39 is 11.5 Å². The Labute approximate surface area is 186 Å². The van der Waals surface area contributed by atoms with Crippen LogP contribution >= 0.6 is 0 Å². The minimum absolute atomic E-state index is 0.0288. The van der Waals surface area contributed by atoms with Crippen LogP contribution in [0.25, 0.3) is 28.0 Å². The third-order valence-corrected chi connectivity index (χ3v) is 5.38. The zero-order valence-corrected chi connectivity index (χ0v) is 17.6. The second-order valence-electron chi connectivity index (χ2n) is 7.52. The van der Waals surface area contributed by atoms with Gasteiger partial charge in [0.2, 0.25) is 11.2 Å². The number of anilines is 1. The van der Waals surface area contributed by atoms with E-state index in [2.05, 4.69) is 15.1 Å². The number of aromatic nitrogens is 6. The number of aryl methyl sites for hydroxylation is 1. The van der Waals surface area contributed by atoms with Crippen LogP contribution in [0.4, 0.5) is 10.3 Å². The molecule has 0 aliphatic heterocycles. The number of fused-ring (bicyclic) bond motifs is 1. The van der Waals surface area contributed by atoms with Gasteiger partial charge in [0.25, 0.3) is 0 Å². The first-order valence-corrected chi connectivity index (χ1v) is 10.1. The number of nitrogens with two attached hydrogens (primary N) is 1. The fraction of sp³-hybridized carbons (Fsp3) is 0.0870. The predicted molar refractivity (Wildman–Crippen MR) is 120 cm³/mol. The van der Waals surface area contributed by atoms with Crippen LogP contribution in [0.15, 0.2) is 76.6 Å². The summed E-state index contributed by atoms with van der Waals surface area (Å²) < 4.78 is 18.1. The average Bonchev–Trinajstić information content (AvgIpc) is 3.14. The monoisotopic (exact) mass is 444 g/mol. The molecule has 3 N–H and O–H groups in total. The molecule has 1 aromatic carbocycles. The van der Waals surface area contributed by atoms with Crippen LogP contribution in [-0.2, 0) is 13.6 Å². The van der Waals surface area contributed by atoms with Crippen molar-refractivity contribution in [3.63, 3.8) is 0 Å². The number of nitrogens with zero attached hydrogens (tertiary/aromatic N) is 5. The van der Waals surface area contributed by atoms with E-state index in [1.807, 2.05) is 30.3 Å². The van der Waals surface area contributed by atoms with Crippen molar-refractivity contribution in [3.05, 3.63) is 99.3 Å². The van der Waals surface area contributed by atoms with E-state index in [0.29, 0.717) is 22.5 Å². The van der Waals surface area contributed by atoms with E-state index in [0.717, 1.165) is 5.56 Å². The summed E-state index contributed by atoms with van der Waals surface area (Å²) in [6.07, 6.45) is 3.12. The Kier molecular flexibility index (Phi) is 4.82. The van der Waals surface area contributed by atoms with E-state index in [9.17, 15) is 14.0 Å². The highest BCUT2D eigenvalue weighted by Crippen LogP contribution is 2.32. The Bertz CT molecular complexity index is 1620. The molecule has 0 aliphatic carbocycles. The van der Waals surface area contributed by atoms with E-state index >= 15 is 0 Å². The smallest absolute Gasteiger partial charge is 0.319 e. The molecule has 33 heavy (non-hydrogen) atoms. The molecule has 4 heterocycles. The van der Waals surface area contributed by atoms with E-state index in [1.165, 1.54) is 38.0 Å². The van der Waals surface area contributed by atoms with Crippen molar-refractivity contribution in [3.8, 4) is 22.4 Å². The van der Waals surface area contributed by atoms with Gasteiger partial charge in [-0.25, -0.2) is 14.3 Å². The minimum atomic E-state index is -0.526. The Balaban J connectivity index is 1.83. The van der Waals surface area contributed by atoms with Gasteiger partial charge in [0.15, 0.2) is 0 Å². The number of H-pyrrole nitrogens is 1. The highest BCUT2D eigenvalue weighted by atomic mass is 19.1. The first-order chi connectivity index (χ1) is 15.9. The highest BCUT2D eigenvalue weighted by Gasteiger charge is 2.26. The number of benzene rings is 1. The maximum atomic E-state index is 14.2. The van der Waals surface area contributed by atoms with Gasteiger partial charge in [-0.2, -0.15) is 4.68 Å². The second-order valence-corrected chi connectivity index (χ2v) is 7.52. The molecule has 0 amide bonds. The summed E-state index contributed by atoms with van der Waals surface area (Å²) in [4.78, 5) is 33.7. The lowest BCUT2D eigenvalue weighted by molar-refractivity contribution is -0.516. The summed E-state index contributed by atoms with van der Waals surface area (Å²) in [7, 11) is 1.64. The predicted octanol–water partition coefficient (Wildman–Crippen LogP) is 1.51. The van der Waals surface area contributed by atoms with Gasteiger partial charge in [-0.3, -0.25) is 9.78 Å². The number of pyridine rings is 2. The molecule has 0 radical (unpaired) electrons. The molecule has 0 unspecified atom stereocenters. The molecule has 0 bridgehead atoms. The zero-order valence-electron chi connectivity index (χ0n) is 17.6. The zero-order chi connectivity index (χ0) is 23.1. The van der Waals surface area contributed by atoms with Gasteiger partial charge in [-0.05, 0) is 18.2 Å². The van der Waals surface area contributed by atoms with Gasteiger partial charge in [0.05, 0.1) is 5.56 Å². The third-order valence-electron chi connectivity index (χ3n) is 5.38. The summed E-state index contributed by atoms with van der Waals surface area (Å²) >= 11 is 0. The van der Waals surface area contributed by atoms with Crippen molar-refractivity contribution >= 4 is 11.6 Å². The Hall–Kier alpha value is -4.60. The van der Waals surface area contributed by atoms with Crippen LogP contribution in [0, 0.1) is 5.82 Å². The molecule has 0 saturated heterocycles. The second kappa shape index (κ2) is 7.83. The molecular weight excluding hydrogens is 425 g/mol. The molecule has 0 fully saturated rings. The molecular formula is C23H19FN7O2+. The highest BCUT2D eigenvalue weighted by molar-refractivity contribution is 5.88. The van der Waals surface area contributed by atoms with E-state index in [-0.39, 0.29) is 23.7 Å². The first-order valence-electron chi connectivity index (χ1n) is 10.1. The van der Waals surface area contributed by atoms with Gasteiger partial charge in [-0.1, -0.05) is 30.3 Å². The average molecular weight is 444 g/mol. The lowest BCUT2D eigenvalue weighted by Gasteiger charge is -2.09. The number of nitrogen functional groups attached to an aromatic ring is 1. The standard InChI is InChI=1S/C23H18FN7O2/c1-29-12-15(9-10-18(29)32)19-20(14-6-3-2-4-7-14)27-22(25)31-21(19)28-30(23(31)33)13-17-16(24)8-5-11-26-17/h2-12H,13H2,1H3,(H2,25,27,28)/p+1. The van der Waals surface area contributed by atoms with Crippen molar-refractivity contribution in [1.29, 1.82) is 0 Å². The van der Waals surface area contributed by atoms with E-state index in [4.69, 9.17) is 5.73 Å². The Morgan fingerprint density at radius 1 is 1.06 bits per heavy atom. The lowest BCUT2D eigenvalue weighted by atomic mass is 10.0. The van der Waals surface area contributed by atoms with Gasteiger partial charge < -0.3 is 10.3 Å². The van der Waals surface area contributed by atoms with E-state index in [1.54, 1.807) is 19.3 Å². The minimum Gasteiger partial charge on any atom is -0.319 e. The summed E-state index contributed by atoms with van der Waals surface area (Å²) in [6.45, 7) is -0.125. The maximum absolute atomic E-state index is 14.2. The number of halogens is 1. The lowest BCUT2D eigenvalue weighted by Crippen LogP contribution is -2.44. The van der Waals surface area contributed by atoms with Crippen molar-refractivity contribution in [2.24, 2.45) is 7.05 Å². The van der Waals surface area contributed by atoms with Crippen LogP contribution in [0.3, 0.4) is 0 Å². The molecule has 164 valence electrons. The molecule has 5 aromatic rings. The van der Waals surface area contributed by atoms with Gasteiger partial charge in [0, 0.05) is 36.6 Å². The molecule has 9 nitrogen and oxygen atoms in total. The van der Waals surface area contributed by atoms with Crippen LogP contribution in [0.2, 0.25) is 0 Å². The topological polar surface area (TPSA) is 116 Å². The summed E-state index contributed by atoms with van der Waals surface area (Å²) in [6, 6.07) is 15.2. The van der Waals surface area contributed by atoms with Crippen molar-refractivity contribution in [1.82, 2.24) is 24.3 Å². The van der Waals surface area contributed by atoms with Crippen LogP contribution in [0.5, 0.6) is 0 Å². The third kappa shape index (κ3) is 3.47. The largest absolute Gasteiger partial charge is 0.428 e. The summed E-state index contributed by atoms with van der Waals surface area (Å²) in [5.74, 6) is -0.554. The number of rotatable bonds is 4. The molecule has 0 atom stereocenters. The maximum Gasteiger partial charge on any atom is 0.428 e. The normalized spacial score (nSPS) is 11.2. The fourth-order valence-corrected chi connectivity index (χ4v) is 3.77. The quantitative estimate of drug-likeness (QED) is 0.408. The van der Waals surface area contributed by atoms with Crippen molar-refractivity contribution in [2.75, 3.05) is 5.73 Å². The van der Waals surface area contributed by atoms with Gasteiger partial charge in [0.1, 0.15) is 23.7 Å². The van der Waals surface area contributed by atoms with Crippen molar-refractivity contribution < 1.29 is 8.79 Å². The van der Waals surface area contributed by atoms with Crippen LogP contribution in [-0.4, -0.2) is 24.3 Å². The fourth-order valence-electron chi connectivity index (χ4n) is 3.77. The molecule has 0 saturated carbocycles. The number of hydrogen-bond acceptors (Lipinski definition) is 5. The summed E-state index contributed by atoms with van der Waals surface area (Å²) in [5.41, 5.74) is 8.50. The molecule has 4 aromatic heterocycles. The van der Waals surface area contributed by atoms with Crippen LogP contribution < -0.4 is 21.4 Å². The van der Waals surface area contributed by atoms with Crippen LogP contribution in [0.1, 0.15) is 5.69 Å². The Morgan fingerprint density at radius 2 is 1.85 bits per heavy atom. The SMILES string of the molecule is Cn1cc(-c2c(-c3ccccc3)nc(N)[n+]3c(=O)n(Cc4ncccc4F)[nH]c23)ccc1=O. The molecule has 10 heteroatoms. The Morgan fingerprint density at radius 3 is 2.58 bits per heavy atom. The van der Waals surface area contributed by atoms with Gasteiger partial charge in [-0.15, -0.1) is 9.38 Å². The number of hydrogen-bond donors (Lipinski definition) is 2. The number of aromatic amines is 1. The molecule has 0 aliphatic rings. The first kappa shape index (κ1) is 20.3. The van der Waals surface area contributed by atoms with Crippen molar-refractivity contribution in [2.45, 2.75) is 6.54 Å². The molecule has 0 spiro atoms. The van der Waals surface area contributed by atoms with Gasteiger partial charge >= 0.3 is 11.6 Å².